The molecule has 3 heteroatoms. The maximum Gasteiger partial charge on any atom is 0.123 e. The van der Waals surface area contributed by atoms with E-state index in [1.807, 2.05) is 37.3 Å². The van der Waals surface area contributed by atoms with E-state index in [0.717, 1.165) is 29.9 Å². The second kappa shape index (κ2) is 6.43. The topological polar surface area (TPSA) is 24.9 Å². The Morgan fingerprint density at radius 3 is 2.58 bits per heavy atom. The minimum absolute atomic E-state index is 0.187. The first-order chi connectivity index (χ1) is 9.13. The quantitative estimate of drug-likeness (QED) is 0.890. The molecule has 0 aliphatic carbocycles. The van der Waals surface area contributed by atoms with Crippen LogP contribution in [0, 0.1) is 12.7 Å². The van der Waals surface area contributed by atoms with Gasteiger partial charge in [0.15, 0.2) is 0 Å². The highest BCUT2D eigenvalue weighted by molar-refractivity contribution is 5.17. The molecular weight excluding hydrogens is 239 g/mol. The SMILES string of the molecule is Cc1cccc(CNC(C)Cc2ccc(F)cc2)n1. The predicted octanol–water partition coefficient (Wildman–Crippen LogP) is 3.25. The molecule has 0 amide bonds. The van der Waals surface area contributed by atoms with Crippen LogP contribution in [0.15, 0.2) is 42.5 Å². The zero-order valence-corrected chi connectivity index (χ0v) is 11.4. The molecule has 1 atom stereocenters. The van der Waals surface area contributed by atoms with E-state index in [1.165, 1.54) is 12.1 Å². The van der Waals surface area contributed by atoms with Crippen LogP contribution in [0.2, 0.25) is 0 Å². The van der Waals surface area contributed by atoms with Crippen molar-refractivity contribution in [2.45, 2.75) is 32.9 Å². The van der Waals surface area contributed by atoms with Crippen molar-refractivity contribution in [2.24, 2.45) is 0 Å². The van der Waals surface area contributed by atoms with Crippen LogP contribution in [-0.4, -0.2) is 11.0 Å². The number of nitrogens with zero attached hydrogens (tertiary/aromatic N) is 1. The van der Waals surface area contributed by atoms with Gasteiger partial charge >= 0.3 is 0 Å². The average Bonchev–Trinajstić information content (AvgIpc) is 2.39. The molecule has 1 unspecified atom stereocenters. The van der Waals surface area contributed by atoms with Crippen molar-refractivity contribution in [3.8, 4) is 0 Å². The van der Waals surface area contributed by atoms with Gasteiger partial charge in [-0.3, -0.25) is 4.98 Å². The van der Waals surface area contributed by atoms with Crippen LogP contribution in [0.3, 0.4) is 0 Å². The second-order valence-electron chi connectivity index (χ2n) is 4.88. The number of halogens is 1. The highest BCUT2D eigenvalue weighted by Gasteiger charge is 2.04. The van der Waals surface area contributed by atoms with Crippen molar-refractivity contribution in [1.29, 1.82) is 0 Å². The van der Waals surface area contributed by atoms with Gasteiger partial charge in [-0.1, -0.05) is 18.2 Å². The highest BCUT2D eigenvalue weighted by Crippen LogP contribution is 2.06. The number of pyridine rings is 1. The van der Waals surface area contributed by atoms with Crippen LogP contribution in [-0.2, 0) is 13.0 Å². The summed E-state index contributed by atoms with van der Waals surface area (Å²) in [6.07, 6.45) is 0.881. The van der Waals surface area contributed by atoms with Crippen LogP contribution in [0.5, 0.6) is 0 Å². The molecule has 0 aliphatic heterocycles. The molecule has 2 aromatic rings. The van der Waals surface area contributed by atoms with Crippen LogP contribution >= 0.6 is 0 Å². The molecule has 1 N–H and O–H groups in total. The number of aryl methyl sites for hydroxylation is 1. The maximum absolute atomic E-state index is 12.8. The Kier molecular flexibility index (Phi) is 4.63. The lowest BCUT2D eigenvalue weighted by molar-refractivity contribution is 0.538. The first-order valence-electron chi connectivity index (χ1n) is 6.54. The van der Waals surface area contributed by atoms with Crippen molar-refractivity contribution in [2.75, 3.05) is 0 Å². The zero-order valence-electron chi connectivity index (χ0n) is 11.4. The molecule has 1 aromatic heterocycles. The van der Waals surface area contributed by atoms with Crippen molar-refractivity contribution in [3.05, 3.63) is 65.2 Å². The van der Waals surface area contributed by atoms with Gasteiger partial charge in [0.2, 0.25) is 0 Å². The summed E-state index contributed by atoms with van der Waals surface area (Å²) in [7, 11) is 0. The van der Waals surface area contributed by atoms with E-state index < -0.39 is 0 Å². The minimum atomic E-state index is -0.187. The third kappa shape index (κ3) is 4.45. The van der Waals surface area contributed by atoms with Gasteiger partial charge in [0.1, 0.15) is 5.82 Å². The molecule has 0 bridgehead atoms. The molecule has 1 heterocycles. The zero-order chi connectivity index (χ0) is 13.7. The van der Waals surface area contributed by atoms with Crippen molar-refractivity contribution >= 4 is 0 Å². The Balaban J connectivity index is 1.84. The molecule has 2 rings (SSSR count). The molecule has 0 fully saturated rings. The molecule has 0 radical (unpaired) electrons. The molecule has 0 saturated heterocycles. The van der Waals surface area contributed by atoms with Crippen molar-refractivity contribution < 1.29 is 4.39 Å². The second-order valence-corrected chi connectivity index (χ2v) is 4.88. The number of hydrogen-bond donors (Lipinski definition) is 1. The van der Waals surface area contributed by atoms with E-state index in [9.17, 15) is 4.39 Å². The Labute approximate surface area is 113 Å². The lowest BCUT2D eigenvalue weighted by Crippen LogP contribution is -2.28. The highest BCUT2D eigenvalue weighted by atomic mass is 19.1. The summed E-state index contributed by atoms with van der Waals surface area (Å²) in [6, 6.07) is 13.0. The molecule has 100 valence electrons. The Bertz CT molecular complexity index is 523. The summed E-state index contributed by atoms with van der Waals surface area (Å²) in [5.74, 6) is -0.187. The number of nitrogens with one attached hydrogen (secondary N) is 1. The fourth-order valence-electron chi connectivity index (χ4n) is 2.02. The fourth-order valence-corrected chi connectivity index (χ4v) is 2.02. The molecule has 1 aromatic carbocycles. The molecule has 19 heavy (non-hydrogen) atoms. The standard InChI is InChI=1S/C16H19FN2/c1-12-4-3-5-16(19-12)11-18-13(2)10-14-6-8-15(17)9-7-14/h3-9,13,18H,10-11H2,1-2H3. The van der Waals surface area contributed by atoms with Gasteiger partial charge in [-0.05, 0) is 50.1 Å². The third-order valence-electron chi connectivity index (χ3n) is 3.03. The smallest absolute Gasteiger partial charge is 0.123 e. The Morgan fingerprint density at radius 2 is 1.89 bits per heavy atom. The van der Waals surface area contributed by atoms with Gasteiger partial charge in [-0.15, -0.1) is 0 Å². The van der Waals surface area contributed by atoms with Crippen LogP contribution in [0.1, 0.15) is 23.9 Å². The van der Waals surface area contributed by atoms with Gasteiger partial charge in [0.05, 0.1) is 5.69 Å². The molecule has 0 saturated carbocycles. The number of hydrogen-bond acceptors (Lipinski definition) is 2. The van der Waals surface area contributed by atoms with E-state index in [-0.39, 0.29) is 5.82 Å². The van der Waals surface area contributed by atoms with Gasteiger partial charge in [0.25, 0.3) is 0 Å². The maximum atomic E-state index is 12.8. The first-order valence-corrected chi connectivity index (χ1v) is 6.54. The predicted molar refractivity (Wildman–Crippen MR) is 75.4 cm³/mol. The molecular formula is C16H19FN2. The van der Waals surface area contributed by atoms with E-state index in [4.69, 9.17) is 0 Å². The molecule has 2 nitrogen and oxygen atoms in total. The lowest BCUT2D eigenvalue weighted by atomic mass is 10.1. The van der Waals surface area contributed by atoms with E-state index in [2.05, 4.69) is 17.2 Å². The average molecular weight is 258 g/mol. The normalized spacial score (nSPS) is 12.4. The van der Waals surface area contributed by atoms with E-state index in [0.29, 0.717) is 6.04 Å². The van der Waals surface area contributed by atoms with Crippen LogP contribution in [0.4, 0.5) is 4.39 Å². The largest absolute Gasteiger partial charge is 0.308 e. The summed E-state index contributed by atoms with van der Waals surface area (Å²) >= 11 is 0. The van der Waals surface area contributed by atoms with E-state index >= 15 is 0 Å². The monoisotopic (exact) mass is 258 g/mol. The number of aromatic nitrogens is 1. The van der Waals surface area contributed by atoms with Crippen LogP contribution < -0.4 is 5.32 Å². The van der Waals surface area contributed by atoms with Gasteiger partial charge in [0, 0.05) is 18.3 Å². The minimum Gasteiger partial charge on any atom is -0.308 e. The van der Waals surface area contributed by atoms with Gasteiger partial charge in [-0.2, -0.15) is 0 Å². The summed E-state index contributed by atoms with van der Waals surface area (Å²) in [4.78, 5) is 4.45. The number of rotatable bonds is 5. The summed E-state index contributed by atoms with van der Waals surface area (Å²) in [6.45, 7) is 4.87. The Hall–Kier alpha value is -1.74. The van der Waals surface area contributed by atoms with Crippen molar-refractivity contribution in [1.82, 2.24) is 10.3 Å². The number of benzene rings is 1. The Morgan fingerprint density at radius 1 is 1.16 bits per heavy atom. The first kappa shape index (κ1) is 13.7. The van der Waals surface area contributed by atoms with Gasteiger partial charge < -0.3 is 5.32 Å². The third-order valence-corrected chi connectivity index (χ3v) is 3.03. The summed E-state index contributed by atoms with van der Waals surface area (Å²) in [5, 5.41) is 3.43. The van der Waals surface area contributed by atoms with Gasteiger partial charge in [-0.25, -0.2) is 4.39 Å². The lowest BCUT2D eigenvalue weighted by Gasteiger charge is -2.13. The summed E-state index contributed by atoms with van der Waals surface area (Å²) in [5.41, 5.74) is 3.22. The summed E-state index contributed by atoms with van der Waals surface area (Å²) < 4.78 is 12.8. The van der Waals surface area contributed by atoms with E-state index in [1.54, 1.807) is 0 Å². The van der Waals surface area contributed by atoms with Crippen LogP contribution in [0.25, 0.3) is 0 Å². The van der Waals surface area contributed by atoms with Crippen molar-refractivity contribution in [3.63, 3.8) is 0 Å². The fraction of sp³-hybridized carbons (Fsp3) is 0.312. The molecule has 0 aliphatic rings. The molecule has 0 spiro atoms.